The van der Waals surface area contributed by atoms with E-state index in [1.807, 2.05) is 30.5 Å². The first-order valence-corrected chi connectivity index (χ1v) is 8.44. The van der Waals surface area contributed by atoms with Gasteiger partial charge < -0.3 is 9.47 Å². The molecule has 0 saturated carbocycles. The lowest BCUT2D eigenvalue weighted by Gasteiger charge is -2.17. The van der Waals surface area contributed by atoms with Crippen LogP contribution in [0.4, 0.5) is 4.39 Å². The van der Waals surface area contributed by atoms with E-state index >= 15 is 0 Å². The summed E-state index contributed by atoms with van der Waals surface area (Å²) in [6, 6.07) is 10.9. The maximum atomic E-state index is 14.4. The van der Waals surface area contributed by atoms with Crippen LogP contribution in [-0.2, 0) is 0 Å². The molecule has 5 heteroatoms. The van der Waals surface area contributed by atoms with E-state index in [0.29, 0.717) is 17.1 Å². The average Bonchev–Trinajstić information content (AvgIpc) is 2.53. The quantitative estimate of drug-likeness (QED) is 0.541. The van der Waals surface area contributed by atoms with Crippen molar-refractivity contribution in [2.45, 2.75) is 9.72 Å². The Kier molecular flexibility index (Phi) is 5.53. The van der Waals surface area contributed by atoms with Crippen LogP contribution < -0.4 is 9.47 Å². The Labute approximate surface area is 136 Å². The second-order valence-electron chi connectivity index (χ2n) is 4.33. The Bertz CT molecular complexity index is 634. The number of rotatable bonds is 5. The van der Waals surface area contributed by atoms with Gasteiger partial charge in [0.05, 0.1) is 19.0 Å². The first-order chi connectivity index (χ1) is 10.1. The summed E-state index contributed by atoms with van der Waals surface area (Å²) in [5.74, 6) is 0.571. The number of thioether (sulfide) groups is 1. The molecule has 1 unspecified atom stereocenters. The molecule has 0 aliphatic rings. The van der Waals surface area contributed by atoms with Gasteiger partial charge in [0, 0.05) is 16.5 Å². The fraction of sp³-hybridized carbons (Fsp3) is 0.250. The van der Waals surface area contributed by atoms with Crippen LogP contribution in [0.5, 0.6) is 11.5 Å². The maximum Gasteiger partial charge on any atom is 0.163 e. The predicted octanol–water partition coefficient (Wildman–Crippen LogP) is 5.05. The zero-order chi connectivity index (χ0) is 15.4. The number of benzene rings is 2. The molecule has 112 valence electrons. The van der Waals surface area contributed by atoms with Crippen molar-refractivity contribution in [2.75, 3.05) is 20.5 Å². The van der Waals surface area contributed by atoms with Crippen LogP contribution in [0.1, 0.15) is 16.0 Å². The highest BCUT2D eigenvalue weighted by Gasteiger charge is 2.20. The lowest BCUT2D eigenvalue weighted by Crippen LogP contribution is -2.01. The maximum absolute atomic E-state index is 14.4. The fourth-order valence-electron chi connectivity index (χ4n) is 2.11. The molecule has 2 aromatic rings. The Morgan fingerprint density at radius 2 is 1.67 bits per heavy atom. The summed E-state index contributed by atoms with van der Waals surface area (Å²) < 4.78 is 24.7. The molecule has 2 nitrogen and oxygen atoms in total. The lowest BCUT2D eigenvalue weighted by molar-refractivity contribution is 0.351. The minimum atomic E-state index is -0.328. The van der Waals surface area contributed by atoms with Crippen LogP contribution in [0, 0.1) is 5.82 Å². The van der Waals surface area contributed by atoms with E-state index in [1.54, 1.807) is 24.9 Å². The van der Waals surface area contributed by atoms with E-state index < -0.39 is 0 Å². The van der Waals surface area contributed by atoms with Gasteiger partial charge in [-0.3, -0.25) is 0 Å². The summed E-state index contributed by atoms with van der Waals surface area (Å²) >= 11 is 5.23. The van der Waals surface area contributed by atoms with Crippen molar-refractivity contribution in [3.63, 3.8) is 0 Å². The third-order valence-corrected chi connectivity index (χ3v) is 4.99. The molecule has 0 fully saturated rings. The lowest BCUT2D eigenvalue weighted by atomic mass is 10.0. The highest BCUT2D eigenvalue weighted by atomic mass is 79.9. The van der Waals surface area contributed by atoms with Gasteiger partial charge in [0.25, 0.3) is 0 Å². The summed E-state index contributed by atoms with van der Waals surface area (Å²) in [6.45, 7) is 0. The minimum Gasteiger partial charge on any atom is -0.493 e. The monoisotopic (exact) mass is 370 g/mol. The average molecular weight is 371 g/mol. The molecule has 2 rings (SSSR count). The number of hydrogen-bond acceptors (Lipinski definition) is 3. The summed E-state index contributed by atoms with van der Waals surface area (Å²) in [7, 11) is 3.03. The van der Waals surface area contributed by atoms with Crippen molar-refractivity contribution >= 4 is 27.7 Å². The molecular weight excluding hydrogens is 355 g/mol. The van der Waals surface area contributed by atoms with Gasteiger partial charge in [-0.2, -0.15) is 0 Å². The van der Waals surface area contributed by atoms with Gasteiger partial charge in [-0.15, -0.1) is 11.8 Å². The minimum absolute atomic E-state index is 0.249. The van der Waals surface area contributed by atoms with Gasteiger partial charge in [-0.1, -0.05) is 34.1 Å². The summed E-state index contributed by atoms with van der Waals surface area (Å²) in [6.07, 6.45) is 2.00. The molecule has 2 aromatic carbocycles. The molecule has 0 spiro atoms. The molecule has 0 radical (unpaired) electrons. The molecule has 0 amide bonds. The third kappa shape index (κ3) is 3.35. The van der Waals surface area contributed by atoms with Gasteiger partial charge in [-0.05, 0) is 24.0 Å². The summed E-state index contributed by atoms with van der Waals surface area (Å²) in [5.41, 5.74) is 1.55. The smallest absolute Gasteiger partial charge is 0.163 e. The van der Waals surface area contributed by atoms with Crippen molar-refractivity contribution in [1.82, 2.24) is 0 Å². The predicted molar refractivity (Wildman–Crippen MR) is 88.5 cm³/mol. The topological polar surface area (TPSA) is 18.5 Å². The van der Waals surface area contributed by atoms with Crippen molar-refractivity contribution in [3.05, 3.63) is 53.3 Å². The molecule has 0 N–H and O–H groups in total. The van der Waals surface area contributed by atoms with Crippen LogP contribution in [0.25, 0.3) is 0 Å². The highest BCUT2D eigenvalue weighted by Crippen LogP contribution is 2.41. The van der Waals surface area contributed by atoms with Gasteiger partial charge in [0.2, 0.25) is 0 Å². The number of hydrogen-bond donors (Lipinski definition) is 0. The van der Waals surface area contributed by atoms with Crippen molar-refractivity contribution in [2.24, 2.45) is 0 Å². The Hall–Kier alpha value is -1.20. The summed E-state index contributed by atoms with van der Waals surface area (Å²) in [4.78, 5) is 0.856. The normalized spacial score (nSPS) is 12.0. The molecule has 0 bridgehead atoms. The molecule has 0 heterocycles. The van der Waals surface area contributed by atoms with Crippen molar-refractivity contribution < 1.29 is 13.9 Å². The zero-order valence-corrected chi connectivity index (χ0v) is 14.4. The zero-order valence-electron chi connectivity index (χ0n) is 12.0. The largest absolute Gasteiger partial charge is 0.493 e. The van der Waals surface area contributed by atoms with Crippen LogP contribution in [0.2, 0.25) is 0 Å². The SMILES string of the molecule is COc1cc(F)c(C(Br)c2ccccc2SC)cc1OC. The molecule has 0 aromatic heterocycles. The van der Waals surface area contributed by atoms with E-state index in [9.17, 15) is 4.39 Å². The first kappa shape index (κ1) is 16.2. The molecular formula is C16H16BrFO2S. The second-order valence-corrected chi connectivity index (χ2v) is 6.10. The Morgan fingerprint density at radius 1 is 1.05 bits per heavy atom. The Balaban J connectivity index is 2.50. The van der Waals surface area contributed by atoms with E-state index in [2.05, 4.69) is 15.9 Å². The molecule has 0 saturated heterocycles. The van der Waals surface area contributed by atoms with Gasteiger partial charge in [-0.25, -0.2) is 4.39 Å². The number of alkyl halides is 1. The van der Waals surface area contributed by atoms with Crippen LogP contribution in [0.15, 0.2) is 41.3 Å². The van der Waals surface area contributed by atoms with Crippen LogP contribution in [0.3, 0.4) is 0 Å². The first-order valence-electron chi connectivity index (χ1n) is 6.30. The van der Waals surface area contributed by atoms with E-state index in [1.165, 1.54) is 13.2 Å². The van der Waals surface area contributed by atoms with Gasteiger partial charge in [0.1, 0.15) is 5.82 Å². The van der Waals surface area contributed by atoms with Crippen molar-refractivity contribution in [1.29, 1.82) is 0 Å². The number of halogens is 2. The number of ether oxygens (including phenoxy) is 2. The standard InChI is InChI=1S/C16H16BrFO2S/c1-19-13-8-11(12(18)9-14(13)20-2)16(17)10-6-4-5-7-15(10)21-3/h4-9,16H,1-3H3. The molecule has 1 atom stereocenters. The van der Waals surface area contributed by atoms with E-state index in [-0.39, 0.29) is 10.6 Å². The van der Waals surface area contributed by atoms with Crippen LogP contribution in [-0.4, -0.2) is 20.5 Å². The van der Waals surface area contributed by atoms with Crippen LogP contribution >= 0.6 is 27.7 Å². The highest BCUT2D eigenvalue weighted by molar-refractivity contribution is 9.09. The fourth-order valence-corrected chi connectivity index (χ4v) is 3.65. The van der Waals surface area contributed by atoms with E-state index in [0.717, 1.165) is 10.5 Å². The van der Waals surface area contributed by atoms with E-state index in [4.69, 9.17) is 9.47 Å². The van der Waals surface area contributed by atoms with Gasteiger partial charge in [0.15, 0.2) is 11.5 Å². The van der Waals surface area contributed by atoms with Gasteiger partial charge >= 0.3 is 0 Å². The second kappa shape index (κ2) is 7.18. The molecule has 21 heavy (non-hydrogen) atoms. The Morgan fingerprint density at radius 3 is 2.29 bits per heavy atom. The molecule has 0 aliphatic heterocycles. The number of methoxy groups -OCH3 is 2. The third-order valence-electron chi connectivity index (χ3n) is 3.19. The summed E-state index contributed by atoms with van der Waals surface area (Å²) in [5, 5.41) is 0. The van der Waals surface area contributed by atoms with Crippen molar-refractivity contribution in [3.8, 4) is 11.5 Å². The molecule has 0 aliphatic carbocycles.